The normalized spacial score (nSPS) is 17.3. The summed E-state index contributed by atoms with van der Waals surface area (Å²) in [6.45, 7) is 2.20. The second kappa shape index (κ2) is 6.24. The van der Waals surface area contributed by atoms with Gasteiger partial charge in [-0.15, -0.1) is 0 Å². The Balaban J connectivity index is 1.52. The molecule has 0 saturated carbocycles. The minimum absolute atomic E-state index is 0.0426. The van der Waals surface area contributed by atoms with Gasteiger partial charge in [0.1, 0.15) is 12.1 Å². The van der Waals surface area contributed by atoms with Crippen molar-refractivity contribution in [3.8, 4) is 0 Å². The zero-order chi connectivity index (χ0) is 14.7. The number of ether oxygens (including phenoxy) is 1. The molecular weight excluding hydrogens is 272 g/mol. The summed E-state index contributed by atoms with van der Waals surface area (Å²) in [6.07, 6.45) is 1.72. The zero-order valence-corrected chi connectivity index (χ0v) is 11.7. The average molecular weight is 290 g/mol. The number of piperidine rings is 1. The van der Waals surface area contributed by atoms with Crippen LogP contribution in [0.25, 0.3) is 11.1 Å². The molecule has 0 atom stereocenters. The lowest BCUT2D eigenvalue weighted by atomic mass is 10.1. The number of carbonyl (C=O) groups is 1. The van der Waals surface area contributed by atoms with Gasteiger partial charge in [0.05, 0.1) is 12.6 Å². The van der Waals surface area contributed by atoms with Gasteiger partial charge in [0.25, 0.3) is 0 Å². The van der Waals surface area contributed by atoms with Gasteiger partial charge >= 0.3 is 5.97 Å². The Hall–Kier alpha value is -1.92. The van der Waals surface area contributed by atoms with Crippen LogP contribution < -0.4 is 0 Å². The lowest BCUT2D eigenvalue weighted by Gasteiger charge is -2.30. The van der Waals surface area contributed by atoms with E-state index in [4.69, 9.17) is 14.3 Å². The Labute approximate surface area is 122 Å². The van der Waals surface area contributed by atoms with Crippen LogP contribution in [0.2, 0.25) is 0 Å². The van der Waals surface area contributed by atoms with E-state index < -0.39 is 5.97 Å². The van der Waals surface area contributed by atoms with Crippen LogP contribution in [0.4, 0.5) is 0 Å². The average Bonchev–Trinajstić information content (AvgIpc) is 2.88. The number of nitrogens with zero attached hydrogens (tertiary/aromatic N) is 2. The lowest BCUT2D eigenvalue weighted by molar-refractivity contribution is -0.145. The summed E-state index contributed by atoms with van der Waals surface area (Å²) in [5, 5.41) is 8.60. The molecule has 6 heteroatoms. The minimum Gasteiger partial charge on any atom is -0.480 e. The van der Waals surface area contributed by atoms with E-state index in [1.807, 2.05) is 24.3 Å². The standard InChI is InChI=1S/C15H18N2O4/c18-15(19)10-20-11-5-7-17(8-6-11)9-14-16-12-3-1-2-4-13(12)21-14/h1-4,11H,5-10H2,(H,18,19). The number of likely N-dealkylation sites (tertiary alicyclic amines) is 1. The molecule has 1 saturated heterocycles. The van der Waals surface area contributed by atoms with Gasteiger partial charge in [0.15, 0.2) is 5.58 Å². The van der Waals surface area contributed by atoms with Crippen molar-refractivity contribution in [3.05, 3.63) is 30.2 Å². The molecule has 0 spiro atoms. The smallest absolute Gasteiger partial charge is 0.329 e. The molecule has 1 aromatic heterocycles. The fraction of sp³-hybridized carbons (Fsp3) is 0.467. The van der Waals surface area contributed by atoms with Crippen molar-refractivity contribution in [2.75, 3.05) is 19.7 Å². The molecule has 1 N–H and O–H groups in total. The summed E-state index contributed by atoms with van der Waals surface area (Å²) in [5.74, 6) is -0.190. The van der Waals surface area contributed by atoms with Gasteiger partial charge in [-0.05, 0) is 25.0 Å². The molecule has 3 rings (SSSR count). The van der Waals surface area contributed by atoms with Gasteiger partial charge < -0.3 is 14.3 Å². The highest BCUT2D eigenvalue weighted by Crippen LogP contribution is 2.19. The molecule has 21 heavy (non-hydrogen) atoms. The highest BCUT2D eigenvalue weighted by molar-refractivity contribution is 5.72. The lowest BCUT2D eigenvalue weighted by Crippen LogP contribution is -2.37. The van der Waals surface area contributed by atoms with Crippen LogP contribution in [-0.2, 0) is 16.1 Å². The van der Waals surface area contributed by atoms with Gasteiger partial charge in [0, 0.05) is 13.1 Å². The predicted octanol–water partition coefficient (Wildman–Crippen LogP) is 1.89. The van der Waals surface area contributed by atoms with Gasteiger partial charge in [0.2, 0.25) is 5.89 Å². The summed E-state index contributed by atoms with van der Waals surface area (Å²) in [5.41, 5.74) is 1.69. The first kappa shape index (κ1) is 14.0. The number of hydrogen-bond donors (Lipinski definition) is 1. The van der Waals surface area contributed by atoms with Crippen LogP contribution in [0.3, 0.4) is 0 Å². The highest BCUT2D eigenvalue weighted by Gasteiger charge is 2.21. The monoisotopic (exact) mass is 290 g/mol. The van der Waals surface area contributed by atoms with Crippen molar-refractivity contribution in [1.82, 2.24) is 9.88 Å². The molecular formula is C15H18N2O4. The number of hydrogen-bond acceptors (Lipinski definition) is 5. The number of carboxylic acid groups (broad SMARTS) is 1. The Kier molecular flexibility index (Phi) is 4.17. The number of rotatable bonds is 5. The molecule has 2 aromatic rings. The maximum Gasteiger partial charge on any atom is 0.329 e. The summed E-state index contributed by atoms with van der Waals surface area (Å²) < 4.78 is 11.0. The van der Waals surface area contributed by atoms with E-state index in [-0.39, 0.29) is 12.7 Å². The maximum atomic E-state index is 10.5. The number of oxazole rings is 1. The zero-order valence-electron chi connectivity index (χ0n) is 11.7. The second-order valence-electron chi connectivity index (χ2n) is 5.26. The van der Waals surface area contributed by atoms with E-state index in [1.54, 1.807) is 0 Å². The molecule has 0 aliphatic carbocycles. The van der Waals surface area contributed by atoms with Gasteiger partial charge in [-0.3, -0.25) is 4.90 Å². The van der Waals surface area contributed by atoms with Crippen LogP contribution in [0.1, 0.15) is 18.7 Å². The summed E-state index contributed by atoms with van der Waals surface area (Å²) in [7, 11) is 0. The van der Waals surface area contributed by atoms with E-state index in [2.05, 4.69) is 9.88 Å². The summed E-state index contributed by atoms with van der Waals surface area (Å²) in [4.78, 5) is 17.2. The van der Waals surface area contributed by atoms with Crippen LogP contribution in [0, 0.1) is 0 Å². The largest absolute Gasteiger partial charge is 0.480 e. The second-order valence-corrected chi connectivity index (χ2v) is 5.26. The van der Waals surface area contributed by atoms with Crippen LogP contribution in [0.15, 0.2) is 28.7 Å². The molecule has 1 aliphatic rings. The van der Waals surface area contributed by atoms with E-state index in [9.17, 15) is 4.79 Å². The Morgan fingerprint density at radius 1 is 1.38 bits per heavy atom. The molecule has 0 radical (unpaired) electrons. The van der Waals surface area contributed by atoms with Crippen molar-refractivity contribution >= 4 is 17.1 Å². The highest BCUT2D eigenvalue weighted by atomic mass is 16.5. The first-order chi connectivity index (χ1) is 10.2. The number of carboxylic acids is 1. The molecule has 6 nitrogen and oxygen atoms in total. The van der Waals surface area contributed by atoms with E-state index in [0.29, 0.717) is 6.54 Å². The van der Waals surface area contributed by atoms with E-state index in [1.165, 1.54) is 0 Å². The van der Waals surface area contributed by atoms with E-state index in [0.717, 1.165) is 42.9 Å². The number of aliphatic carboxylic acids is 1. The molecule has 0 amide bonds. The third kappa shape index (κ3) is 3.59. The first-order valence-electron chi connectivity index (χ1n) is 7.11. The number of fused-ring (bicyclic) bond motifs is 1. The fourth-order valence-electron chi connectivity index (χ4n) is 2.60. The third-order valence-corrected chi connectivity index (χ3v) is 3.67. The topological polar surface area (TPSA) is 75.8 Å². The van der Waals surface area contributed by atoms with Gasteiger partial charge in [-0.2, -0.15) is 0 Å². The van der Waals surface area contributed by atoms with Crippen molar-refractivity contribution in [2.24, 2.45) is 0 Å². The summed E-state index contributed by atoms with van der Waals surface area (Å²) in [6, 6.07) is 7.73. The predicted molar refractivity (Wildman–Crippen MR) is 75.9 cm³/mol. The Morgan fingerprint density at radius 2 is 2.14 bits per heavy atom. The molecule has 112 valence electrons. The summed E-state index contributed by atoms with van der Waals surface area (Å²) >= 11 is 0. The Morgan fingerprint density at radius 3 is 2.86 bits per heavy atom. The van der Waals surface area contributed by atoms with Crippen molar-refractivity contribution < 1.29 is 19.1 Å². The van der Waals surface area contributed by atoms with Gasteiger partial charge in [-0.1, -0.05) is 12.1 Å². The fourth-order valence-corrected chi connectivity index (χ4v) is 2.60. The minimum atomic E-state index is -0.913. The third-order valence-electron chi connectivity index (χ3n) is 3.67. The number of aromatic nitrogens is 1. The van der Waals surface area contributed by atoms with Crippen LogP contribution in [0.5, 0.6) is 0 Å². The van der Waals surface area contributed by atoms with Crippen molar-refractivity contribution in [3.63, 3.8) is 0 Å². The van der Waals surface area contributed by atoms with E-state index >= 15 is 0 Å². The van der Waals surface area contributed by atoms with Gasteiger partial charge in [-0.25, -0.2) is 9.78 Å². The molecule has 1 fully saturated rings. The molecule has 1 aliphatic heterocycles. The Bertz CT molecular complexity index is 584. The molecule has 0 bridgehead atoms. The van der Waals surface area contributed by atoms with Crippen molar-refractivity contribution in [1.29, 1.82) is 0 Å². The van der Waals surface area contributed by atoms with Crippen molar-refractivity contribution in [2.45, 2.75) is 25.5 Å². The quantitative estimate of drug-likeness (QED) is 0.906. The number of benzene rings is 1. The SMILES string of the molecule is O=C(O)COC1CCN(Cc2nc3ccccc3o2)CC1. The first-order valence-corrected chi connectivity index (χ1v) is 7.11. The molecule has 0 unspecified atom stereocenters. The van der Waals surface area contributed by atoms with Crippen LogP contribution >= 0.6 is 0 Å². The van der Waals surface area contributed by atoms with Crippen LogP contribution in [-0.4, -0.2) is 46.8 Å². The number of para-hydroxylation sites is 2. The maximum absolute atomic E-state index is 10.5. The molecule has 1 aromatic carbocycles. The molecule has 2 heterocycles.